The maximum absolute atomic E-state index is 10.6. The van der Waals surface area contributed by atoms with Gasteiger partial charge in [0.1, 0.15) is 0 Å². The molecule has 1 rings (SSSR count). The molecule has 0 saturated heterocycles. The molecule has 5 nitrogen and oxygen atoms in total. The van der Waals surface area contributed by atoms with Crippen molar-refractivity contribution in [3.05, 3.63) is 35.4 Å². The number of quaternary nitrogens is 1. The number of nitrogens with one attached hydrogen (secondary N) is 1. The summed E-state index contributed by atoms with van der Waals surface area (Å²) in [5.41, 5.74) is 8.16. The zero-order valence-corrected chi connectivity index (χ0v) is 9.18. The Hall–Kier alpha value is -1.88. The third-order valence-corrected chi connectivity index (χ3v) is 2.15. The number of carboxylic acid groups (broad SMARTS) is 1. The predicted octanol–water partition coefficient (Wildman–Crippen LogP) is -0.522. The summed E-state index contributed by atoms with van der Waals surface area (Å²) in [5, 5.41) is 12.6. The van der Waals surface area contributed by atoms with E-state index in [0.29, 0.717) is 6.42 Å². The van der Waals surface area contributed by atoms with Crippen LogP contribution < -0.4 is 11.2 Å². The van der Waals surface area contributed by atoms with Crippen LogP contribution in [0.3, 0.4) is 0 Å². The Balaban J connectivity index is 2.64. The average Bonchev–Trinajstić information content (AvgIpc) is 2.28. The summed E-state index contributed by atoms with van der Waals surface area (Å²) in [6, 6.07) is 6.96. The van der Waals surface area contributed by atoms with Gasteiger partial charge in [-0.2, -0.15) is 5.10 Å². The average molecular weight is 222 g/mol. The van der Waals surface area contributed by atoms with Crippen molar-refractivity contribution in [3.8, 4) is 0 Å². The lowest BCUT2D eigenvalue weighted by atomic mass is 10.1. The molecule has 0 amide bonds. The summed E-state index contributed by atoms with van der Waals surface area (Å²) in [5.74, 6) is -0.874. The number of hydrogen-bond donors (Lipinski definition) is 3. The zero-order valence-electron chi connectivity index (χ0n) is 9.18. The number of hydrogen-bond acceptors (Lipinski definition) is 3. The van der Waals surface area contributed by atoms with Crippen LogP contribution in [0.1, 0.15) is 11.1 Å². The van der Waals surface area contributed by atoms with Crippen LogP contribution in [0.4, 0.5) is 0 Å². The molecule has 0 aromatic heterocycles. The number of carbonyl (C=O) groups is 1. The van der Waals surface area contributed by atoms with E-state index < -0.39 is 12.0 Å². The summed E-state index contributed by atoms with van der Waals surface area (Å²) < 4.78 is 0. The summed E-state index contributed by atoms with van der Waals surface area (Å²) in [6.45, 7) is 0. The molecule has 0 fully saturated rings. The molecule has 0 bridgehead atoms. The SMILES string of the molecule is CN/N=C/c1ccc(CC([NH3+])C(=O)O)cc1. The van der Waals surface area contributed by atoms with Crippen molar-refractivity contribution in [3.63, 3.8) is 0 Å². The molecule has 0 heterocycles. The topological polar surface area (TPSA) is 89.3 Å². The van der Waals surface area contributed by atoms with E-state index in [0.717, 1.165) is 11.1 Å². The van der Waals surface area contributed by atoms with Gasteiger partial charge in [-0.25, -0.2) is 4.79 Å². The van der Waals surface area contributed by atoms with Gasteiger partial charge in [0.25, 0.3) is 0 Å². The number of carboxylic acids is 1. The zero-order chi connectivity index (χ0) is 12.0. The third kappa shape index (κ3) is 3.70. The van der Waals surface area contributed by atoms with Crippen molar-refractivity contribution in [2.45, 2.75) is 12.5 Å². The van der Waals surface area contributed by atoms with Crippen LogP contribution in [0.15, 0.2) is 29.4 Å². The van der Waals surface area contributed by atoms with Crippen molar-refractivity contribution in [2.24, 2.45) is 5.10 Å². The standard InChI is InChI=1S/C11H15N3O2/c1-13-14-7-9-4-2-8(3-5-9)6-10(12)11(15)16/h2-5,7,10,13H,6,12H2,1H3,(H,15,16)/p+1/b14-7+. The number of hydrazone groups is 1. The third-order valence-electron chi connectivity index (χ3n) is 2.15. The molecule has 5 heteroatoms. The molecule has 16 heavy (non-hydrogen) atoms. The van der Waals surface area contributed by atoms with Gasteiger partial charge in [-0.1, -0.05) is 24.3 Å². The second-order valence-corrected chi connectivity index (χ2v) is 3.46. The van der Waals surface area contributed by atoms with Gasteiger partial charge in [0.15, 0.2) is 6.04 Å². The molecule has 1 aromatic carbocycles. The van der Waals surface area contributed by atoms with Gasteiger partial charge in [-0.3, -0.25) is 0 Å². The maximum Gasteiger partial charge on any atom is 0.362 e. The second kappa shape index (κ2) is 5.87. The molecule has 5 N–H and O–H groups in total. The molecule has 1 atom stereocenters. The summed E-state index contributed by atoms with van der Waals surface area (Å²) >= 11 is 0. The first-order valence-corrected chi connectivity index (χ1v) is 4.98. The summed E-state index contributed by atoms with van der Waals surface area (Å²) in [4.78, 5) is 10.6. The first-order chi connectivity index (χ1) is 7.63. The van der Waals surface area contributed by atoms with E-state index in [1.807, 2.05) is 24.3 Å². The van der Waals surface area contributed by atoms with E-state index in [1.54, 1.807) is 13.3 Å². The van der Waals surface area contributed by atoms with E-state index >= 15 is 0 Å². The Morgan fingerprint density at radius 3 is 2.69 bits per heavy atom. The highest BCUT2D eigenvalue weighted by Crippen LogP contribution is 2.04. The lowest BCUT2D eigenvalue weighted by molar-refractivity contribution is -0.407. The highest BCUT2D eigenvalue weighted by molar-refractivity contribution is 5.79. The van der Waals surface area contributed by atoms with Gasteiger partial charge in [-0.05, 0) is 11.1 Å². The molecule has 0 aliphatic carbocycles. The highest BCUT2D eigenvalue weighted by Gasteiger charge is 2.15. The number of rotatable bonds is 5. The Bertz CT molecular complexity index is 373. The minimum Gasteiger partial charge on any atom is -0.477 e. The van der Waals surface area contributed by atoms with Crippen LogP contribution in [-0.2, 0) is 11.2 Å². The molecular formula is C11H16N3O2+. The first-order valence-electron chi connectivity index (χ1n) is 4.98. The van der Waals surface area contributed by atoms with Crippen molar-refractivity contribution in [1.82, 2.24) is 5.43 Å². The molecule has 0 aliphatic heterocycles. The largest absolute Gasteiger partial charge is 0.477 e. The van der Waals surface area contributed by atoms with E-state index in [-0.39, 0.29) is 0 Å². The molecular weight excluding hydrogens is 206 g/mol. The Morgan fingerprint density at radius 1 is 1.56 bits per heavy atom. The van der Waals surface area contributed by atoms with Crippen molar-refractivity contribution >= 4 is 12.2 Å². The van der Waals surface area contributed by atoms with Gasteiger partial charge in [0.05, 0.1) is 6.21 Å². The van der Waals surface area contributed by atoms with Crippen LogP contribution in [0.25, 0.3) is 0 Å². The van der Waals surface area contributed by atoms with Gasteiger partial charge >= 0.3 is 5.97 Å². The van der Waals surface area contributed by atoms with Crippen molar-refractivity contribution in [2.75, 3.05) is 7.05 Å². The lowest BCUT2D eigenvalue weighted by Crippen LogP contribution is -2.65. The second-order valence-electron chi connectivity index (χ2n) is 3.46. The van der Waals surface area contributed by atoms with Gasteiger partial charge < -0.3 is 16.3 Å². The minimum atomic E-state index is -0.874. The molecule has 86 valence electrons. The van der Waals surface area contributed by atoms with Crippen molar-refractivity contribution < 1.29 is 15.6 Å². The number of benzene rings is 1. The normalized spacial score (nSPS) is 12.6. The monoisotopic (exact) mass is 222 g/mol. The fourth-order valence-electron chi connectivity index (χ4n) is 1.25. The first kappa shape index (κ1) is 12.2. The minimum absolute atomic E-state index is 0.443. The molecule has 1 aromatic rings. The Kier molecular flexibility index (Phi) is 4.47. The quantitative estimate of drug-likeness (QED) is 0.462. The van der Waals surface area contributed by atoms with E-state index in [1.165, 1.54) is 0 Å². The highest BCUT2D eigenvalue weighted by atomic mass is 16.4. The molecule has 0 aliphatic rings. The molecule has 0 saturated carbocycles. The lowest BCUT2D eigenvalue weighted by Gasteiger charge is -2.03. The van der Waals surface area contributed by atoms with Crippen LogP contribution in [0, 0.1) is 0 Å². The van der Waals surface area contributed by atoms with Crippen LogP contribution in [0.2, 0.25) is 0 Å². The van der Waals surface area contributed by atoms with Crippen molar-refractivity contribution in [1.29, 1.82) is 0 Å². The van der Waals surface area contributed by atoms with E-state index in [2.05, 4.69) is 16.3 Å². The van der Waals surface area contributed by atoms with Gasteiger partial charge in [0.2, 0.25) is 0 Å². The summed E-state index contributed by atoms with van der Waals surface area (Å²) in [6.07, 6.45) is 2.14. The maximum atomic E-state index is 10.6. The Morgan fingerprint density at radius 2 is 2.19 bits per heavy atom. The molecule has 0 radical (unpaired) electrons. The number of nitrogens with zero attached hydrogens (tertiary/aromatic N) is 1. The van der Waals surface area contributed by atoms with Crippen LogP contribution >= 0.6 is 0 Å². The van der Waals surface area contributed by atoms with Gasteiger partial charge in [-0.15, -0.1) is 0 Å². The van der Waals surface area contributed by atoms with Crippen LogP contribution in [0.5, 0.6) is 0 Å². The fourth-order valence-corrected chi connectivity index (χ4v) is 1.25. The smallest absolute Gasteiger partial charge is 0.362 e. The summed E-state index contributed by atoms with van der Waals surface area (Å²) in [7, 11) is 1.73. The predicted molar refractivity (Wildman–Crippen MR) is 61.1 cm³/mol. The molecule has 1 unspecified atom stereocenters. The van der Waals surface area contributed by atoms with E-state index in [4.69, 9.17) is 5.11 Å². The number of aliphatic carboxylic acids is 1. The van der Waals surface area contributed by atoms with Crippen LogP contribution in [-0.4, -0.2) is 30.4 Å². The van der Waals surface area contributed by atoms with Gasteiger partial charge in [0, 0.05) is 13.5 Å². The molecule has 0 spiro atoms. The fraction of sp³-hybridized carbons (Fsp3) is 0.273. The van der Waals surface area contributed by atoms with E-state index in [9.17, 15) is 4.79 Å². The Labute approximate surface area is 94.0 Å².